The van der Waals surface area contributed by atoms with Crippen LogP contribution in [0.1, 0.15) is 40.0 Å². The first kappa shape index (κ1) is 12.4. The number of carboxylic acid groups (broad SMARTS) is 1. The summed E-state index contributed by atoms with van der Waals surface area (Å²) >= 11 is 0. The van der Waals surface area contributed by atoms with Crippen LogP contribution in [0.4, 0.5) is 0 Å². The van der Waals surface area contributed by atoms with E-state index in [2.05, 4.69) is 0 Å². The smallest absolute Gasteiger partial charge is 0.336 e. The molecular weight excluding hydrogens is 172 g/mol. The predicted octanol–water partition coefficient (Wildman–Crippen LogP) is 1.99. The molecule has 0 fully saturated rings. The topological polar surface area (TPSA) is 55.8 Å². The Morgan fingerprint density at radius 1 is 1.15 bits per heavy atom. The van der Waals surface area contributed by atoms with E-state index in [0.29, 0.717) is 6.42 Å². The van der Waals surface area contributed by atoms with Gasteiger partial charge in [-0.05, 0) is 19.3 Å². The summed E-state index contributed by atoms with van der Waals surface area (Å²) in [4.78, 5) is 20.3. The van der Waals surface area contributed by atoms with Crippen LogP contribution < -0.4 is 0 Å². The molecule has 4 heteroatoms. The Hall–Kier alpha value is -0.610. The Morgan fingerprint density at radius 2 is 1.69 bits per heavy atom. The van der Waals surface area contributed by atoms with Crippen LogP contribution in [0.3, 0.4) is 0 Å². The average Bonchev–Trinajstić information content (AvgIpc) is 2.12. The highest BCUT2D eigenvalue weighted by Gasteiger charge is 2.18. The normalized spacial score (nSPS) is 13.2. The van der Waals surface area contributed by atoms with E-state index in [1.165, 1.54) is 0 Å². The molecule has 0 aliphatic heterocycles. The average molecular weight is 190 g/mol. The maximum atomic E-state index is 10.5. The molecule has 0 aromatic heterocycles. The minimum atomic E-state index is -0.978. The van der Waals surface area contributed by atoms with E-state index in [-0.39, 0.29) is 6.10 Å². The first-order chi connectivity index (χ1) is 6.15. The van der Waals surface area contributed by atoms with Gasteiger partial charge in [0.2, 0.25) is 0 Å². The van der Waals surface area contributed by atoms with Crippen molar-refractivity contribution in [2.24, 2.45) is 0 Å². The molecule has 0 aliphatic rings. The molecule has 4 nitrogen and oxygen atoms in total. The Bertz CT molecular complexity index is 143. The zero-order valence-electron chi connectivity index (χ0n) is 8.45. The van der Waals surface area contributed by atoms with Gasteiger partial charge in [0.15, 0.2) is 6.10 Å². The lowest BCUT2D eigenvalue weighted by Gasteiger charge is -2.15. The van der Waals surface area contributed by atoms with Crippen molar-refractivity contribution < 1.29 is 19.7 Å². The molecule has 0 saturated carbocycles. The Morgan fingerprint density at radius 3 is 2.00 bits per heavy atom. The van der Waals surface area contributed by atoms with Crippen LogP contribution in [-0.4, -0.2) is 23.3 Å². The van der Waals surface area contributed by atoms with Gasteiger partial charge in [-0.2, -0.15) is 0 Å². The zero-order valence-corrected chi connectivity index (χ0v) is 8.45. The molecule has 0 aromatic carbocycles. The molecule has 0 heterocycles. The lowest BCUT2D eigenvalue weighted by atomic mass is 10.2. The summed E-state index contributed by atoms with van der Waals surface area (Å²) in [6.07, 6.45) is 1.21. The van der Waals surface area contributed by atoms with Crippen LogP contribution in [0.25, 0.3) is 0 Å². The molecule has 0 bridgehead atoms. The third-order valence-corrected chi connectivity index (χ3v) is 1.86. The number of hydrogen-bond acceptors (Lipinski definition) is 3. The molecule has 1 N–H and O–H groups in total. The highest BCUT2D eigenvalue weighted by atomic mass is 17.2. The van der Waals surface area contributed by atoms with Crippen LogP contribution >= 0.6 is 0 Å². The van der Waals surface area contributed by atoms with Crippen molar-refractivity contribution in [1.82, 2.24) is 0 Å². The van der Waals surface area contributed by atoms with E-state index in [4.69, 9.17) is 14.9 Å². The first-order valence-corrected chi connectivity index (χ1v) is 4.70. The number of hydrogen-bond donors (Lipinski definition) is 1. The third kappa shape index (κ3) is 4.85. The molecule has 13 heavy (non-hydrogen) atoms. The largest absolute Gasteiger partial charge is 0.479 e. The van der Waals surface area contributed by atoms with Gasteiger partial charge in [0, 0.05) is 0 Å². The molecule has 0 rings (SSSR count). The van der Waals surface area contributed by atoms with Gasteiger partial charge >= 0.3 is 5.97 Å². The summed E-state index contributed by atoms with van der Waals surface area (Å²) in [6, 6.07) is 0. The van der Waals surface area contributed by atoms with Crippen molar-refractivity contribution in [3.8, 4) is 0 Å². The van der Waals surface area contributed by atoms with Crippen molar-refractivity contribution in [3.05, 3.63) is 0 Å². The van der Waals surface area contributed by atoms with Crippen molar-refractivity contribution in [2.75, 3.05) is 0 Å². The fraction of sp³-hybridized carbons (Fsp3) is 0.889. The van der Waals surface area contributed by atoms with Gasteiger partial charge in [-0.25, -0.2) is 14.6 Å². The lowest BCUT2D eigenvalue weighted by molar-refractivity contribution is -0.346. The van der Waals surface area contributed by atoms with Crippen molar-refractivity contribution in [3.63, 3.8) is 0 Å². The van der Waals surface area contributed by atoms with E-state index >= 15 is 0 Å². The second-order valence-electron chi connectivity index (χ2n) is 2.87. The first-order valence-electron chi connectivity index (χ1n) is 4.70. The molecular formula is C9H18O4. The molecule has 1 atom stereocenters. The van der Waals surface area contributed by atoms with Crippen LogP contribution in [-0.2, 0) is 14.6 Å². The van der Waals surface area contributed by atoms with Gasteiger partial charge in [-0.15, -0.1) is 0 Å². The van der Waals surface area contributed by atoms with Crippen molar-refractivity contribution in [1.29, 1.82) is 0 Å². The SMILES string of the molecule is CCC(CC)OOC(CC)C(=O)O. The molecule has 0 amide bonds. The quantitative estimate of drug-likeness (QED) is 0.492. The molecule has 0 radical (unpaired) electrons. The minimum absolute atomic E-state index is 0.00611. The highest BCUT2D eigenvalue weighted by molar-refractivity contribution is 5.71. The standard InChI is InChI=1S/C9H18O4/c1-4-7(5-2)12-13-8(6-3)9(10)11/h7-8H,4-6H2,1-3H3,(H,10,11). The summed E-state index contributed by atoms with van der Waals surface area (Å²) in [5.41, 5.74) is 0. The molecule has 0 saturated heterocycles. The van der Waals surface area contributed by atoms with Gasteiger partial charge in [0.05, 0.1) is 6.10 Å². The van der Waals surface area contributed by atoms with E-state index in [0.717, 1.165) is 12.8 Å². The zero-order chi connectivity index (χ0) is 10.3. The van der Waals surface area contributed by atoms with Gasteiger partial charge < -0.3 is 5.11 Å². The van der Waals surface area contributed by atoms with Crippen molar-refractivity contribution in [2.45, 2.75) is 52.2 Å². The minimum Gasteiger partial charge on any atom is -0.479 e. The molecule has 0 aromatic rings. The predicted molar refractivity (Wildman–Crippen MR) is 48.3 cm³/mol. The van der Waals surface area contributed by atoms with Gasteiger partial charge in [0.1, 0.15) is 0 Å². The molecule has 0 aliphatic carbocycles. The highest BCUT2D eigenvalue weighted by Crippen LogP contribution is 2.07. The van der Waals surface area contributed by atoms with Gasteiger partial charge in [0.25, 0.3) is 0 Å². The second kappa shape index (κ2) is 6.86. The summed E-state index contributed by atoms with van der Waals surface area (Å²) in [6.45, 7) is 5.69. The summed E-state index contributed by atoms with van der Waals surface area (Å²) in [7, 11) is 0. The maximum Gasteiger partial charge on any atom is 0.336 e. The molecule has 0 spiro atoms. The van der Waals surface area contributed by atoms with Gasteiger partial charge in [-0.1, -0.05) is 20.8 Å². The number of aliphatic carboxylic acids is 1. The molecule has 1 unspecified atom stereocenters. The Balaban J connectivity index is 3.76. The maximum absolute atomic E-state index is 10.5. The fourth-order valence-corrected chi connectivity index (χ4v) is 0.854. The third-order valence-electron chi connectivity index (χ3n) is 1.86. The van der Waals surface area contributed by atoms with Crippen LogP contribution in [0.2, 0.25) is 0 Å². The molecule has 78 valence electrons. The summed E-state index contributed by atoms with van der Waals surface area (Å²) < 4.78 is 0. The second-order valence-corrected chi connectivity index (χ2v) is 2.87. The van der Waals surface area contributed by atoms with E-state index in [9.17, 15) is 4.79 Å². The van der Waals surface area contributed by atoms with Crippen LogP contribution in [0.15, 0.2) is 0 Å². The van der Waals surface area contributed by atoms with E-state index in [1.807, 2.05) is 13.8 Å². The Kier molecular flexibility index (Phi) is 6.54. The monoisotopic (exact) mass is 190 g/mol. The van der Waals surface area contributed by atoms with E-state index < -0.39 is 12.1 Å². The summed E-state index contributed by atoms with van der Waals surface area (Å²) in [5, 5.41) is 8.63. The van der Waals surface area contributed by atoms with E-state index in [1.54, 1.807) is 6.92 Å². The number of carbonyl (C=O) groups is 1. The lowest BCUT2D eigenvalue weighted by Crippen LogP contribution is -2.25. The van der Waals surface area contributed by atoms with Crippen LogP contribution in [0, 0.1) is 0 Å². The van der Waals surface area contributed by atoms with Crippen molar-refractivity contribution >= 4 is 5.97 Å². The Labute approximate surface area is 78.8 Å². The van der Waals surface area contributed by atoms with Crippen LogP contribution in [0.5, 0.6) is 0 Å². The fourth-order valence-electron chi connectivity index (χ4n) is 0.854. The van der Waals surface area contributed by atoms with Gasteiger partial charge in [-0.3, -0.25) is 0 Å². The number of carboxylic acids is 1. The summed E-state index contributed by atoms with van der Waals surface area (Å²) in [5.74, 6) is -0.978. The number of rotatable bonds is 7.